The van der Waals surface area contributed by atoms with Gasteiger partial charge in [0.25, 0.3) is 0 Å². The lowest BCUT2D eigenvalue weighted by atomic mass is 10.2. The molecular formula is C8H16N2O2. The van der Waals surface area contributed by atoms with E-state index in [0.29, 0.717) is 12.8 Å². The molecule has 0 heterocycles. The van der Waals surface area contributed by atoms with E-state index in [0.717, 1.165) is 25.8 Å². The lowest BCUT2D eigenvalue weighted by Crippen LogP contribution is -2.30. The summed E-state index contributed by atoms with van der Waals surface area (Å²) in [6, 6.07) is -0.318. The Balaban J connectivity index is 3.31. The Morgan fingerprint density at radius 1 is 1.42 bits per heavy atom. The molecule has 2 N–H and O–H groups in total. The summed E-state index contributed by atoms with van der Waals surface area (Å²) in [5.74, 6) is 0. The molecule has 0 saturated heterocycles. The van der Waals surface area contributed by atoms with Crippen LogP contribution in [0.3, 0.4) is 0 Å². The lowest BCUT2D eigenvalue weighted by molar-refractivity contribution is -0.115. The van der Waals surface area contributed by atoms with Crippen molar-refractivity contribution in [3.8, 4) is 0 Å². The van der Waals surface area contributed by atoms with Gasteiger partial charge in [0.2, 0.25) is 6.41 Å². The minimum atomic E-state index is -0.318. The van der Waals surface area contributed by atoms with Crippen LogP contribution in [0.1, 0.15) is 19.8 Å². The number of hydrogen-bond donors (Lipinski definition) is 2. The van der Waals surface area contributed by atoms with Crippen molar-refractivity contribution in [2.75, 3.05) is 13.1 Å². The molecule has 1 atom stereocenters. The second-order valence-corrected chi connectivity index (χ2v) is 2.52. The van der Waals surface area contributed by atoms with Crippen LogP contribution in [0, 0.1) is 0 Å². The third-order valence-electron chi connectivity index (χ3n) is 1.57. The van der Waals surface area contributed by atoms with E-state index in [1.807, 2.05) is 6.92 Å². The van der Waals surface area contributed by atoms with Crippen LogP contribution in [0.2, 0.25) is 0 Å². The molecule has 0 aromatic carbocycles. The minimum absolute atomic E-state index is 0.318. The van der Waals surface area contributed by atoms with Gasteiger partial charge in [-0.2, -0.15) is 0 Å². The highest BCUT2D eigenvalue weighted by molar-refractivity contribution is 5.63. The van der Waals surface area contributed by atoms with E-state index in [4.69, 9.17) is 0 Å². The molecule has 4 heteroatoms. The fourth-order valence-corrected chi connectivity index (χ4v) is 0.902. The predicted octanol–water partition coefficient (Wildman–Crippen LogP) is -0.310. The first-order chi connectivity index (χ1) is 5.85. The zero-order valence-corrected chi connectivity index (χ0v) is 7.38. The molecule has 0 aliphatic carbocycles. The van der Waals surface area contributed by atoms with Gasteiger partial charge in [0, 0.05) is 0 Å². The molecule has 70 valence electrons. The summed E-state index contributed by atoms with van der Waals surface area (Å²) in [4.78, 5) is 20.3. The van der Waals surface area contributed by atoms with E-state index < -0.39 is 0 Å². The second-order valence-electron chi connectivity index (χ2n) is 2.52. The lowest BCUT2D eigenvalue weighted by Gasteiger charge is -2.07. The van der Waals surface area contributed by atoms with Crippen LogP contribution in [0.5, 0.6) is 0 Å². The Hall–Kier alpha value is -0.900. The molecule has 0 unspecified atom stereocenters. The monoisotopic (exact) mass is 172 g/mol. The molecule has 0 aromatic rings. The zero-order chi connectivity index (χ0) is 9.23. The van der Waals surface area contributed by atoms with Crippen molar-refractivity contribution in [3.05, 3.63) is 0 Å². The summed E-state index contributed by atoms with van der Waals surface area (Å²) >= 11 is 0. The first-order valence-electron chi connectivity index (χ1n) is 4.20. The van der Waals surface area contributed by atoms with Gasteiger partial charge in [0.15, 0.2) is 0 Å². The molecule has 0 bridgehead atoms. The van der Waals surface area contributed by atoms with E-state index in [1.54, 1.807) is 0 Å². The van der Waals surface area contributed by atoms with Crippen molar-refractivity contribution in [3.63, 3.8) is 0 Å². The Kier molecular flexibility index (Phi) is 7.58. The standard InChI is InChI=1S/C8H16N2O2/c1-2-9-5-3-4-8(6-11)10-7-12/h6-9H,2-5H2,1H3,(H,10,12)/t8-/m0/s1. The van der Waals surface area contributed by atoms with E-state index in [-0.39, 0.29) is 6.04 Å². The molecule has 0 aliphatic heterocycles. The molecule has 0 saturated carbocycles. The van der Waals surface area contributed by atoms with Crippen LogP contribution in [0.15, 0.2) is 0 Å². The van der Waals surface area contributed by atoms with E-state index in [9.17, 15) is 9.59 Å². The Labute approximate surface area is 72.7 Å². The third kappa shape index (κ3) is 5.85. The molecular weight excluding hydrogens is 156 g/mol. The summed E-state index contributed by atoms with van der Waals surface area (Å²) in [7, 11) is 0. The van der Waals surface area contributed by atoms with Crippen molar-refractivity contribution in [1.82, 2.24) is 10.6 Å². The van der Waals surface area contributed by atoms with Crippen molar-refractivity contribution in [1.29, 1.82) is 0 Å². The predicted molar refractivity (Wildman–Crippen MR) is 46.8 cm³/mol. The van der Waals surface area contributed by atoms with Crippen LogP contribution in [0.25, 0.3) is 0 Å². The summed E-state index contributed by atoms with van der Waals surface area (Å²) in [6.45, 7) is 3.86. The smallest absolute Gasteiger partial charge is 0.207 e. The molecule has 0 radical (unpaired) electrons. The Bertz CT molecular complexity index is 128. The van der Waals surface area contributed by atoms with Crippen molar-refractivity contribution < 1.29 is 9.59 Å². The second kappa shape index (κ2) is 8.20. The number of rotatable bonds is 8. The van der Waals surface area contributed by atoms with Gasteiger partial charge in [-0.15, -0.1) is 0 Å². The highest BCUT2D eigenvalue weighted by Gasteiger charge is 2.03. The van der Waals surface area contributed by atoms with E-state index in [1.165, 1.54) is 0 Å². The summed E-state index contributed by atoms with van der Waals surface area (Å²) in [5, 5.41) is 5.57. The van der Waals surface area contributed by atoms with Gasteiger partial charge in [-0.05, 0) is 25.9 Å². The fourth-order valence-electron chi connectivity index (χ4n) is 0.902. The number of carbonyl (C=O) groups excluding carboxylic acids is 2. The summed E-state index contributed by atoms with van der Waals surface area (Å²) in [5.41, 5.74) is 0. The Morgan fingerprint density at radius 2 is 2.17 bits per heavy atom. The van der Waals surface area contributed by atoms with Crippen molar-refractivity contribution in [2.24, 2.45) is 0 Å². The quantitative estimate of drug-likeness (QED) is 0.390. The maximum absolute atomic E-state index is 10.3. The molecule has 4 nitrogen and oxygen atoms in total. The van der Waals surface area contributed by atoms with Crippen LogP contribution in [-0.4, -0.2) is 31.8 Å². The molecule has 0 rings (SSSR count). The van der Waals surface area contributed by atoms with Gasteiger partial charge in [0.1, 0.15) is 6.29 Å². The van der Waals surface area contributed by atoms with Gasteiger partial charge >= 0.3 is 0 Å². The molecule has 0 aromatic heterocycles. The number of carbonyl (C=O) groups is 2. The summed E-state index contributed by atoms with van der Waals surface area (Å²) < 4.78 is 0. The first kappa shape index (κ1) is 11.1. The molecule has 0 fully saturated rings. The van der Waals surface area contributed by atoms with E-state index in [2.05, 4.69) is 10.6 Å². The highest BCUT2D eigenvalue weighted by atomic mass is 16.1. The normalized spacial score (nSPS) is 12.1. The topological polar surface area (TPSA) is 58.2 Å². The van der Waals surface area contributed by atoms with E-state index >= 15 is 0 Å². The van der Waals surface area contributed by atoms with Gasteiger partial charge in [-0.25, -0.2) is 0 Å². The van der Waals surface area contributed by atoms with Crippen LogP contribution in [0.4, 0.5) is 0 Å². The maximum Gasteiger partial charge on any atom is 0.207 e. The number of hydrogen-bond acceptors (Lipinski definition) is 3. The molecule has 12 heavy (non-hydrogen) atoms. The van der Waals surface area contributed by atoms with Crippen molar-refractivity contribution >= 4 is 12.7 Å². The maximum atomic E-state index is 10.3. The summed E-state index contributed by atoms with van der Waals surface area (Å²) in [6.07, 6.45) is 2.93. The fraction of sp³-hybridized carbons (Fsp3) is 0.750. The van der Waals surface area contributed by atoms with Crippen molar-refractivity contribution in [2.45, 2.75) is 25.8 Å². The molecule has 0 spiro atoms. The number of nitrogens with one attached hydrogen (secondary N) is 2. The van der Waals surface area contributed by atoms with Crippen LogP contribution < -0.4 is 10.6 Å². The van der Waals surface area contributed by atoms with Gasteiger partial charge < -0.3 is 15.4 Å². The van der Waals surface area contributed by atoms with Gasteiger partial charge in [-0.1, -0.05) is 6.92 Å². The Morgan fingerprint density at radius 3 is 2.67 bits per heavy atom. The highest BCUT2D eigenvalue weighted by Crippen LogP contribution is 1.91. The number of aldehydes is 1. The van der Waals surface area contributed by atoms with Gasteiger partial charge in [0.05, 0.1) is 6.04 Å². The molecule has 0 aliphatic rings. The zero-order valence-electron chi connectivity index (χ0n) is 7.38. The SMILES string of the molecule is CCNCCC[C@@H](C=O)NC=O. The average molecular weight is 172 g/mol. The first-order valence-corrected chi connectivity index (χ1v) is 4.20. The van der Waals surface area contributed by atoms with Gasteiger partial charge in [-0.3, -0.25) is 4.79 Å². The average Bonchev–Trinajstić information content (AvgIpc) is 2.10. The van der Waals surface area contributed by atoms with Crippen LogP contribution in [-0.2, 0) is 9.59 Å². The largest absolute Gasteiger partial charge is 0.349 e. The molecule has 1 amide bonds. The number of amides is 1. The minimum Gasteiger partial charge on any atom is -0.349 e. The van der Waals surface area contributed by atoms with Crippen LogP contribution >= 0.6 is 0 Å². The third-order valence-corrected chi connectivity index (χ3v) is 1.57.